The number of ether oxygens (including phenoxy) is 2. The van der Waals surface area contributed by atoms with Gasteiger partial charge in [-0.1, -0.05) is 17.7 Å². The Morgan fingerprint density at radius 2 is 1.95 bits per heavy atom. The summed E-state index contributed by atoms with van der Waals surface area (Å²) in [5.74, 6) is -3.54. The number of benzene rings is 1. The van der Waals surface area contributed by atoms with Crippen LogP contribution in [0.1, 0.15) is 40.9 Å². The Hall–Kier alpha value is -3.84. The topological polar surface area (TPSA) is 119 Å². The van der Waals surface area contributed by atoms with Gasteiger partial charge < -0.3 is 24.1 Å². The Morgan fingerprint density at radius 1 is 1.21 bits per heavy atom. The van der Waals surface area contributed by atoms with Crippen LogP contribution in [0.25, 0.3) is 0 Å². The number of aromatic nitrogens is 2. The zero-order chi connectivity index (χ0) is 27.7. The summed E-state index contributed by atoms with van der Waals surface area (Å²) in [6, 6.07) is 1.37. The highest BCUT2D eigenvalue weighted by atomic mass is 35.5. The molecule has 2 aliphatic rings. The van der Waals surface area contributed by atoms with E-state index in [0.29, 0.717) is 29.6 Å². The number of oxazole rings is 1. The minimum atomic E-state index is -1.24. The lowest BCUT2D eigenvalue weighted by Gasteiger charge is -2.42. The number of anilines is 1. The van der Waals surface area contributed by atoms with Gasteiger partial charge in [-0.2, -0.15) is 4.98 Å². The molecule has 2 aromatic heterocycles. The molecule has 5 rings (SSSR count). The summed E-state index contributed by atoms with van der Waals surface area (Å²) in [5.41, 5.74) is 0.751. The van der Waals surface area contributed by atoms with Gasteiger partial charge in [0.2, 0.25) is 0 Å². The normalized spacial score (nSPS) is 17.4. The molecule has 0 aliphatic carbocycles. The van der Waals surface area contributed by atoms with Crippen LogP contribution in [-0.4, -0.2) is 54.0 Å². The van der Waals surface area contributed by atoms with E-state index in [1.54, 1.807) is 30.3 Å². The van der Waals surface area contributed by atoms with Crippen LogP contribution < -0.4 is 10.2 Å². The fraction of sp³-hybridized carbons (Fsp3) is 0.320. The average molecular weight is 578 g/mol. The van der Waals surface area contributed by atoms with E-state index in [0.717, 1.165) is 6.07 Å². The zero-order valence-corrected chi connectivity index (χ0v) is 22.3. The number of nitrogens with one attached hydrogen (secondary N) is 1. The fourth-order valence-electron chi connectivity index (χ4n) is 4.27. The summed E-state index contributed by atoms with van der Waals surface area (Å²) in [6.45, 7) is 4.35. The molecular weight excluding hydrogens is 556 g/mol. The molecular formula is C25H22ClF2N5O5S. The quantitative estimate of drug-likeness (QED) is 0.309. The molecule has 1 saturated heterocycles. The minimum absolute atomic E-state index is 0.0451. The number of rotatable bonds is 8. The molecule has 0 bridgehead atoms. The minimum Gasteiger partial charge on any atom is -0.463 e. The maximum absolute atomic E-state index is 14.5. The van der Waals surface area contributed by atoms with Crippen molar-refractivity contribution in [2.45, 2.75) is 19.9 Å². The lowest BCUT2D eigenvalue weighted by atomic mass is 9.87. The van der Waals surface area contributed by atoms with Crippen LogP contribution in [0.5, 0.6) is 0 Å². The summed E-state index contributed by atoms with van der Waals surface area (Å²) < 4.78 is 44.1. The molecule has 1 N–H and O–H groups in total. The van der Waals surface area contributed by atoms with Gasteiger partial charge in [-0.15, -0.1) is 11.3 Å². The highest BCUT2D eigenvalue weighted by molar-refractivity contribution is 7.11. The largest absolute Gasteiger partial charge is 0.463 e. The van der Waals surface area contributed by atoms with E-state index in [2.05, 4.69) is 20.3 Å². The van der Waals surface area contributed by atoms with E-state index >= 15 is 0 Å². The van der Waals surface area contributed by atoms with Gasteiger partial charge in [0.1, 0.15) is 12.3 Å². The van der Waals surface area contributed by atoms with Crippen LogP contribution in [0.3, 0.4) is 0 Å². The molecule has 1 fully saturated rings. The number of halogens is 3. The molecule has 1 aromatic carbocycles. The molecule has 10 nitrogen and oxygen atoms in total. The van der Waals surface area contributed by atoms with E-state index in [1.807, 2.05) is 0 Å². The molecule has 3 aromatic rings. The number of hydrogen-bond donors (Lipinski definition) is 1. The van der Waals surface area contributed by atoms with Gasteiger partial charge in [-0.25, -0.2) is 23.4 Å². The standard InChI is InChI=1S/C25H22ClF2N5O5S/c1-3-36-23(34)15-11-38-25(30-15)33-9-12(10-33)19-16(24(35)37-4-2)20(13-5-6-14(27)18(28)17(13)26)32-21(31-19)22-29-7-8-39-22/h5-8,11-12,20H,3-4,9-10H2,1-2H3,(H,31,32). The molecule has 2 aliphatic heterocycles. The fourth-order valence-corrected chi connectivity index (χ4v) is 5.12. The van der Waals surface area contributed by atoms with Crippen molar-refractivity contribution in [1.29, 1.82) is 0 Å². The molecule has 204 valence electrons. The summed E-state index contributed by atoms with van der Waals surface area (Å²) in [6.07, 6.45) is 2.82. The second-order valence-corrected chi connectivity index (χ2v) is 9.77. The smallest absolute Gasteiger partial charge is 0.360 e. The Labute approximate surface area is 230 Å². The van der Waals surface area contributed by atoms with Gasteiger partial charge in [0, 0.05) is 41.8 Å². The van der Waals surface area contributed by atoms with Gasteiger partial charge in [-0.3, -0.25) is 4.99 Å². The first-order valence-electron chi connectivity index (χ1n) is 12.0. The summed E-state index contributed by atoms with van der Waals surface area (Å²) in [4.78, 5) is 40.2. The Balaban J connectivity index is 1.52. The number of carbonyl (C=O) groups excluding carboxylic acids is 2. The van der Waals surface area contributed by atoms with Gasteiger partial charge in [0.25, 0.3) is 6.01 Å². The van der Waals surface area contributed by atoms with Crippen molar-refractivity contribution in [3.63, 3.8) is 0 Å². The summed E-state index contributed by atoms with van der Waals surface area (Å²) >= 11 is 7.53. The predicted molar refractivity (Wildman–Crippen MR) is 138 cm³/mol. The Morgan fingerprint density at radius 3 is 2.64 bits per heavy atom. The van der Waals surface area contributed by atoms with Crippen molar-refractivity contribution >= 4 is 46.7 Å². The molecule has 0 amide bonds. The van der Waals surface area contributed by atoms with Crippen molar-refractivity contribution in [2.24, 2.45) is 10.9 Å². The third-order valence-electron chi connectivity index (χ3n) is 6.10. The van der Waals surface area contributed by atoms with Crippen molar-refractivity contribution in [3.05, 3.63) is 74.2 Å². The van der Waals surface area contributed by atoms with E-state index in [-0.39, 0.29) is 42.0 Å². The lowest BCUT2D eigenvalue weighted by molar-refractivity contribution is -0.139. The second kappa shape index (κ2) is 11.1. The second-order valence-electron chi connectivity index (χ2n) is 8.49. The first-order valence-corrected chi connectivity index (χ1v) is 13.2. The molecule has 0 spiro atoms. The van der Waals surface area contributed by atoms with Gasteiger partial charge in [-0.05, 0) is 19.9 Å². The summed E-state index contributed by atoms with van der Waals surface area (Å²) in [7, 11) is 0. The van der Waals surface area contributed by atoms with E-state index in [9.17, 15) is 18.4 Å². The number of hydrogen-bond acceptors (Lipinski definition) is 11. The van der Waals surface area contributed by atoms with E-state index in [1.165, 1.54) is 23.7 Å². The number of thiazole rings is 1. The van der Waals surface area contributed by atoms with Crippen molar-refractivity contribution in [3.8, 4) is 0 Å². The number of esters is 2. The predicted octanol–water partition coefficient (Wildman–Crippen LogP) is 4.28. The van der Waals surface area contributed by atoms with Crippen LogP contribution in [0.2, 0.25) is 5.02 Å². The maximum Gasteiger partial charge on any atom is 0.360 e. The molecule has 0 radical (unpaired) electrons. The van der Waals surface area contributed by atoms with Gasteiger partial charge in [0.15, 0.2) is 28.2 Å². The number of nitrogens with zero attached hydrogens (tertiary/aromatic N) is 4. The van der Waals surface area contributed by atoms with E-state index < -0.39 is 34.6 Å². The lowest BCUT2D eigenvalue weighted by Crippen LogP contribution is -2.52. The van der Waals surface area contributed by atoms with Gasteiger partial charge in [0.05, 0.1) is 23.8 Å². The number of carbonyl (C=O) groups is 2. The summed E-state index contributed by atoms with van der Waals surface area (Å²) in [5, 5.41) is 5.03. The third-order valence-corrected chi connectivity index (χ3v) is 7.27. The van der Waals surface area contributed by atoms with Gasteiger partial charge >= 0.3 is 11.9 Å². The van der Waals surface area contributed by atoms with Crippen LogP contribution >= 0.6 is 22.9 Å². The van der Waals surface area contributed by atoms with Crippen molar-refractivity contribution < 1.29 is 32.3 Å². The number of amidine groups is 1. The highest BCUT2D eigenvalue weighted by Crippen LogP contribution is 2.41. The van der Waals surface area contributed by atoms with Crippen LogP contribution in [0.15, 0.2) is 50.7 Å². The SMILES string of the molecule is CCOC(=O)C1=C(C2CN(c3nc(C(=O)OCC)co3)C2)NC(c2nccs2)=NC1c1ccc(F)c(F)c1Cl. The highest BCUT2D eigenvalue weighted by Gasteiger charge is 2.42. The first kappa shape index (κ1) is 26.8. The van der Waals surface area contributed by atoms with Crippen LogP contribution in [0, 0.1) is 17.6 Å². The van der Waals surface area contributed by atoms with Crippen molar-refractivity contribution in [1.82, 2.24) is 15.3 Å². The molecule has 1 atom stereocenters. The first-order chi connectivity index (χ1) is 18.8. The van der Waals surface area contributed by atoms with E-state index in [4.69, 9.17) is 25.5 Å². The Bertz CT molecular complexity index is 1470. The average Bonchev–Trinajstić information content (AvgIpc) is 3.60. The monoisotopic (exact) mass is 577 g/mol. The number of aliphatic imine (C=N–C) groups is 1. The Kier molecular flexibility index (Phi) is 7.62. The van der Waals surface area contributed by atoms with Crippen LogP contribution in [0.4, 0.5) is 14.8 Å². The molecule has 0 saturated carbocycles. The van der Waals surface area contributed by atoms with Crippen molar-refractivity contribution in [2.75, 3.05) is 31.2 Å². The van der Waals surface area contributed by atoms with Crippen LogP contribution in [-0.2, 0) is 14.3 Å². The maximum atomic E-state index is 14.5. The molecule has 4 heterocycles. The molecule has 1 unspecified atom stereocenters. The molecule has 14 heteroatoms. The third kappa shape index (κ3) is 5.11. The molecule has 39 heavy (non-hydrogen) atoms. The zero-order valence-electron chi connectivity index (χ0n) is 20.7.